The average molecular weight is 312 g/mol. The van der Waals surface area contributed by atoms with Crippen molar-refractivity contribution in [2.24, 2.45) is 5.92 Å². The summed E-state index contributed by atoms with van der Waals surface area (Å²) >= 11 is 0. The Bertz CT molecular complexity index is 734. The minimum Gasteiger partial charge on any atom is -0.464 e. The highest BCUT2D eigenvalue weighted by Gasteiger charge is 2.23. The number of carbonyl (C=O) groups excluding carboxylic acids is 1. The first-order valence-corrected chi connectivity index (χ1v) is 8.72. The van der Waals surface area contributed by atoms with Crippen LogP contribution in [0.2, 0.25) is 0 Å². The first kappa shape index (κ1) is 14.8. The van der Waals surface area contributed by atoms with Crippen LogP contribution >= 0.6 is 0 Å². The lowest BCUT2D eigenvalue weighted by atomic mass is 9.94. The Morgan fingerprint density at radius 1 is 1.35 bits per heavy atom. The van der Waals surface area contributed by atoms with Gasteiger partial charge in [-0.3, -0.25) is 4.79 Å². The normalized spacial score (nSPS) is 23.9. The lowest BCUT2D eigenvalue weighted by molar-refractivity contribution is -0.121. The maximum absolute atomic E-state index is 12.4. The third-order valence-electron chi connectivity index (χ3n) is 5.39. The van der Waals surface area contributed by atoms with Gasteiger partial charge in [0.25, 0.3) is 0 Å². The van der Waals surface area contributed by atoms with Crippen LogP contribution in [0.25, 0.3) is 11.0 Å². The van der Waals surface area contributed by atoms with Gasteiger partial charge in [0.15, 0.2) is 0 Å². The van der Waals surface area contributed by atoms with E-state index in [1.54, 1.807) is 6.26 Å². The van der Waals surface area contributed by atoms with E-state index in [2.05, 4.69) is 29.7 Å². The minimum atomic E-state index is 0.0914. The molecule has 122 valence electrons. The van der Waals surface area contributed by atoms with E-state index >= 15 is 0 Å². The van der Waals surface area contributed by atoms with Gasteiger partial charge in [-0.05, 0) is 61.4 Å². The van der Waals surface area contributed by atoms with Crippen LogP contribution in [0.4, 0.5) is 0 Å². The van der Waals surface area contributed by atoms with Crippen molar-refractivity contribution >= 4 is 16.9 Å². The summed E-state index contributed by atoms with van der Waals surface area (Å²) in [6, 6.07) is 4.62. The van der Waals surface area contributed by atoms with Crippen LogP contribution in [0.3, 0.4) is 0 Å². The maximum Gasteiger partial charge on any atom is 0.224 e. The van der Waals surface area contributed by atoms with Crippen LogP contribution < -0.4 is 10.6 Å². The Kier molecular flexibility index (Phi) is 3.85. The number of nitrogens with one attached hydrogen (secondary N) is 2. The number of carbonyl (C=O) groups is 1. The molecule has 0 spiro atoms. The predicted octanol–water partition coefficient (Wildman–Crippen LogP) is 2.58. The molecular formula is C19H24N2O2. The summed E-state index contributed by atoms with van der Waals surface area (Å²) in [5.41, 5.74) is 4.75. The largest absolute Gasteiger partial charge is 0.464 e. The van der Waals surface area contributed by atoms with Crippen LogP contribution in [0.15, 0.2) is 22.8 Å². The highest BCUT2D eigenvalue weighted by atomic mass is 16.3. The summed E-state index contributed by atoms with van der Waals surface area (Å²) in [5, 5.41) is 7.64. The van der Waals surface area contributed by atoms with Gasteiger partial charge in [-0.2, -0.15) is 0 Å². The molecular weight excluding hydrogens is 288 g/mol. The van der Waals surface area contributed by atoms with Crippen molar-refractivity contribution in [2.45, 2.75) is 45.1 Å². The summed E-state index contributed by atoms with van der Waals surface area (Å²) in [6.07, 6.45) is 6.79. The second-order valence-corrected chi connectivity index (χ2v) is 7.05. The molecule has 23 heavy (non-hydrogen) atoms. The molecule has 0 saturated carbocycles. The van der Waals surface area contributed by atoms with Gasteiger partial charge < -0.3 is 15.1 Å². The van der Waals surface area contributed by atoms with E-state index in [1.807, 2.05) is 0 Å². The van der Waals surface area contributed by atoms with Gasteiger partial charge in [-0.1, -0.05) is 6.92 Å². The van der Waals surface area contributed by atoms with Crippen molar-refractivity contribution in [1.29, 1.82) is 0 Å². The summed E-state index contributed by atoms with van der Waals surface area (Å²) in [6.45, 7) is 4.12. The van der Waals surface area contributed by atoms with Crippen molar-refractivity contribution in [3.05, 3.63) is 35.1 Å². The van der Waals surface area contributed by atoms with E-state index in [0.29, 0.717) is 12.3 Å². The Morgan fingerprint density at radius 2 is 2.17 bits per heavy atom. The molecule has 4 nitrogen and oxygen atoms in total. The van der Waals surface area contributed by atoms with Crippen molar-refractivity contribution in [3.8, 4) is 0 Å². The molecule has 2 atom stereocenters. The smallest absolute Gasteiger partial charge is 0.224 e. The fourth-order valence-corrected chi connectivity index (χ4v) is 3.90. The molecule has 1 aliphatic heterocycles. The van der Waals surface area contributed by atoms with Crippen LogP contribution in [-0.4, -0.2) is 25.0 Å². The molecule has 1 saturated heterocycles. The Labute approximate surface area is 136 Å². The molecule has 2 aliphatic rings. The molecule has 1 aliphatic carbocycles. The van der Waals surface area contributed by atoms with Crippen LogP contribution in [0.1, 0.15) is 36.5 Å². The summed E-state index contributed by atoms with van der Waals surface area (Å²) in [7, 11) is 0. The summed E-state index contributed by atoms with van der Waals surface area (Å²) in [5.74, 6) is 0.623. The predicted molar refractivity (Wildman–Crippen MR) is 90.5 cm³/mol. The zero-order valence-corrected chi connectivity index (χ0v) is 13.7. The SMILES string of the molecule is CC1CCNCC1NC(=O)Cc1coc2cc3c(cc12)CCC3. The second-order valence-electron chi connectivity index (χ2n) is 7.05. The van der Waals surface area contributed by atoms with Crippen LogP contribution in [0.5, 0.6) is 0 Å². The molecule has 4 rings (SSSR count). The first-order chi connectivity index (χ1) is 11.2. The molecule has 4 heteroatoms. The van der Waals surface area contributed by atoms with E-state index in [4.69, 9.17) is 4.42 Å². The van der Waals surface area contributed by atoms with Crippen LogP contribution in [0, 0.1) is 5.92 Å². The van der Waals surface area contributed by atoms with E-state index < -0.39 is 0 Å². The summed E-state index contributed by atoms with van der Waals surface area (Å²) in [4.78, 5) is 12.4. The number of amides is 1. The van der Waals surface area contributed by atoms with E-state index in [0.717, 1.165) is 48.9 Å². The maximum atomic E-state index is 12.4. The Hall–Kier alpha value is -1.81. The van der Waals surface area contributed by atoms with E-state index in [1.165, 1.54) is 17.5 Å². The average Bonchev–Trinajstić information content (AvgIpc) is 3.14. The van der Waals surface area contributed by atoms with Gasteiger partial charge in [-0.25, -0.2) is 0 Å². The van der Waals surface area contributed by atoms with Crippen molar-refractivity contribution < 1.29 is 9.21 Å². The lowest BCUT2D eigenvalue weighted by Crippen LogP contribution is -2.50. The number of aryl methyl sites for hydroxylation is 2. The highest BCUT2D eigenvalue weighted by molar-refractivity contribution is 5.88. The molecule has 1 aromatic heterocycles. The fraction of sp³-hybridized carbons (Fsp3) is 0.526. The van der Waals surface area contributed by atoms with Gasteiger partial charge in [-0.15, -0.1) is 0 Å². The molecule has 2 N–H and O–H groups in total. The Balaban J connectivity index is 1.50. The van der Waals surface area contributed by atoms with Crippen molar-refractivity contribution in [1.82, 2.24) is 10.6 Å². The molecule has 2 aromatic rings. The topological polar surface area (TPSA) is 54.3 Å². The molecule has 1 amide bonds. The quantitative estimate of drug-likeness (QED) is 0.916. The van der Waals surface area contributed by atoms with Gasteiger partial charge >= 0.3 is 0 Å². The van der Waals surface area contributed by atoms with Gasteiger partial charge in [0.2, 0.25) is 5.91 Å². The number of hydrogen-bond acceptors (Lipinski definition) is 3. The number of furan rings is 1. The molecule has 1 fully saturated rings. The molecule has 0 bridgehead atoms. The van der Waals surface area contributed by atoms with Gasteiger partial charge in [0.1, 0.15) is 5.58 Å². The van der Waals surface area contributed by atoms with E-state index in [-0.39, 0.29) is 11.9 Å². The third-order valence-corrected chi connectivity index (χ3v) is 5.39. The first-order valence-electron chi connectivity index (χ1n) is 8.72. The summed E-state index contributed by atoms with van der Waals surface area (Å²) < 4.78 is 5.69. The zero-order chi connectivity index (χ0) is 15.8. The zero-order valence-electron chi connectivity index (χ0n) is 13.7. The third kappa shape index (κ3) is 2.88. The molecule has 2 heterocycles. The highest BCUT2D eigenvalue weighted by Crippen LogP contribution is 2.30. The van der Waals surface area contributed by atoms with Crippen molar-refractivity contribution in [2.75, 3.05) is 13.1 Å². The second kappa shape index (κ2) is 6.00. The number of rotatable bonds is 3. The van der Waals surface area contributed by atoms with Crippen molar-refractivity contribution in [3.63, 3.8) is 0 Å². The van der Waals surface area contributed by atoms with Crippen LogP contribution in [-0.2, 0) is 24.1 Å². The number of fused-ring (bicyclic) bond motifs is 2. The van der Waals surface area contributed by atoms with E-state index in [9.17, 15) is 4.79 Å². The molecule has 1 aromatic carbocycles. The van der Waals surface area contributed by atoms with Gasteiger partial charge in [0.05, 0.1) is 12.7 Å². The molecule has 0 radical (unpaired) electrons. The monoisotopic (exact) mass is 312 g/mol. The number of hydrogen-bond donors (Lipinski definition) is 2. The standard InChI is InChI=1S/C19H24N2O2/c1-12-5-6-20-10-17(12)21-19(22)9-15-11-23-18-8-14-4-2-3-13(14)7-16(15)18/h7-8,11-12,17,20H,2-6,9-10H2,1H3,(H,21,22). The lowest BCUT2D eigenvalue weighted by Gasteiger charge is -2.30. The molecule has 2 unspecified atom stereocenters. The van der Waals surface area contributed by atoms with Gasteiger partial charge in [0, 0.05) is 23.5 Å². The minimum absolute atomic E-state index is 0.0914. The fourth-order valence-electron chi connectivity index (χ4n) is 3.90. The Morgan fingerprint density at radius 3 is 3.00 bits per heavy atom. The number of piperidine rings is 1. The number of benzene rings is 1.